The van der Waals surface area contributed by atoms with Crippen molar-refractivity contribution in [2.75, 3.05) is 45.9 Å². The van der Waals surface area contributed by atoms with E-state index in [0.717, 1.165) is 24.5 Å². The van der Waals surface area contributed by atoms with Gasteiger partial charge in [-0.15, -0.1) is 0 Å². The number of benzene rings is 1. The third-order valence-corrected chi connectivity index (χ3v) is 4.24. The lowest BCUT2D eigenvalue weighted by molar-refractivity contribution is -0.946. The van der Waals surface area contributed by atoms with Gasteiger partial charge in [0.25, 0.3) is 0 Å². The summed E-state index contributed by atoms with van der Waals surface area (Å²) in [5.74, 6) is 1.73. The van der Waals surface area contributed by atoms with Gasteiger partial charge < -0.3 is 19.7 Å². The van der Waals surface area contributed by atoms with Crippen LogP contribution in [0.25, 0.3) is 0 Å². The molecule has 0 bridgehead atoms. The number of piperazine rings is 1. The average molecular weight is 308 g/mol. The van der Waals surface area contributed by atoms with Crippen LogP contribution in [0.1, 0.15) is 32.6 Å². The van der Waals surface area contributed by atoms with Crippen molar-refractivity contribution in [3.63, 3.8) is 0 Å². The van der Waals surface area contributed by atoms with Crippen LogP contribution in [0.4, 0.5) is 0 Å². The summed E-state index contributed by atoms with van der Waals surface area (Å²) < 4.78 is 11.4. The second kappa shape index (κ2) is 10.5. The Morgan fingerprint density at radius 3 is 2.36 bits per heavy atom. The lowest BCUT2D eigenvalue weighted by atomic mass is 10.2. The SMILES string of the molecule is CCOc1ccccc1OCCCCCC[NH+]1CC[NH2+]CC1. The Labute approximate surface area is 134 Å². The summed E-state index contributed by atoms with van der Waals surface area (Å²) in [6.45, 7) is 10.1. The Bertz CT molecular complexity index is 406. The van der Waals surface area contributed by atoms with Gasteiger partial charge in [0.15, 0.2) is 11.5 Å². The molecule has 0 aromatic heterocycles. The third-order valence-electron chi connectivity index (χ3n) is 4.24. The zero-order valence-electron chi connectivity index (χ0n) is 14.0. The Balaban J connectivity index is 1.52. The Kier molecular flexibility index (Phi) is 8.13. The van der Waals surface area contributed by atoms with Gasteiger partial charge >= 0.3 is 0 Å². The molecule has 4 nitrogen and oxygen atoms in total. The van der Waals surface area contributed by atoms with Gasteiger partial charge in [-0.3, -0.25) is 0 Å². The van der Waals surface area contributed by atoms with Gasteiger partial charge in [0, 0.05) is 0 Å². The summed E-state index contributed by atoms with van der Waals surface area (Å²) in [6.07, 6.45) is 5.06. The maximum absolute atomic E-state index is 5.85. The molecule has 1 aliphatic rings. The van der Waals surface area contributed by atoms with Crippen LogP contribution in [0.15, 0.2) is 24.3 Å². The summed E-state index contributed by atoms with van der Waals surface area (Å²) in [7, 11) is 0. The van der Waals surface area contributed by atoms with Crippen LogP contribution >= 0.6 is 0 Å². The average Bonchev–Trinajstić information content (AvgIpc) is 2.56. The van der Waals surface area contributed by atoms with E-state index in [1.165, 1.54) is 52.0 Å². The van der Waals surface area contributed by atoms with Crippen molar-refractivity contribution in [1.29, 1.82) is 0 Å². The number of unbranched alkanes of at least 4 members (excludes halogenated alkanes) is 3. The van der Waals surface area contributed by atoms with E-state index in [1.807, 2.05) is 31.2 Å². The monoisotopic (exact) mass is 308 g/mol. The van der Waals surface area contributed by atoms with E-state index < -0.39 is 0 Å². The predicted octanol–water partition coefficient (Wildman–Crippen LogP) is 0.486. The molecule has 0 saturated carbocycles. The van der Waals surface area contributed by atoms with Gasteiger partial charge in [-0.1, -0.05) is 12.1 Å². The molecule has 3 N–H and O–H groups in total. The molecule has 0 aliphatic carbocycles. The number of quaternary nitrogens is 2. The molecule has 4 heteroatoms. The maximum atomic E-state index is 5.85. The summed E-state index contributed by atoms with van der Waals surface area (Å²) in [4.78, 5) is 1.80. The van der Waals surface area contributed by atoms with Crippen molar-refractivity contribution < 1.29 is 19.7 Å². The Morgan fingerprint density at radius 1 is 0.955 bits per heavy atom. The molecular formula is C18H32N2O2+2. The van der Waals surface area contributed by atoms with Crippen molar-refractivity contribution in [3.05, 3.63) is 24.3 Å². The first-order valence-corrected chi connectivity index (χ1v) is 8.90. The van der Waals surface area contributed by atoms with Crippen molar-refractivity contribution >= 4 is 0 Å². The molecular weight excluding hydrogens is 276 g/mol. The van der Waals surface area contributed by atoms with E-state index in [9.17, 15) is 0 Å². The summed E-state index contributed by atoms with van der Waals surface area (Å²) in [6, 6.07) is 7.94. The van der Waals surface area contributed by atoms with Crippen LogP contribution in [0.2, 0.25) is 0 Å². The highest BCUT2D eigenvalue weighted by molar-refractivity contribution is 5.39. The Morgan fingerprint density at radius 2 is 1.64 bits per heavy atom. The van der Waals surface area contributed by atoms with Crippen molar-refractivity contribution in [2.24, 2.45) is 0 Å². The van der Waals surface area contributed by atoms with Crippen molar-refractivity contribution in [3.8, 4) is 11.5 Å². The van der Waals surface area contributed by atoms with Crippen LogP contribution in [0.5, 0.6) is 11.5 Å². The van der Waals surface area contributed by atoms with Gasteiger partial charge in [-0.05, 0) is 44.7 Å². The van der Waals surface area contributed by atoms with Crippen LogP contribution in [-0.4, -0.2) is 45.9 Å². The molecule has 1 aromatic rings. The first kappa shape index (κ1) is 17.1. The molecule has 1 heterocycles. The fourth-order valence-electron chi connectivity index (χ4n) is 2.99. The number of hydrogen-bond acceptors (Lipinski definition) is 2. The minimum atomic E-state index is 0.678. The highest BCUT2D eigenvalue weighted by Gasteiger charge is 2.14. The van der Waals surface area contributed by atoms with Crippen molar-refractivity contribution in [2.45, 2.75) is 32.6 Å². The van der Waals surface area contributed by atoms with Gasteiger partial charge in [0.1, 0.15) is 26.2 Å². The second-order valence-electron chi connectivity index (χ2n) is 6.01. The van der Waals surface area contributed by atoms with Crippen LogP contribution in [-0.2, 0) is 0 Å². The topological polar surface area (TPSA) is 39.5 Å². The standard InChI is InChI=1S/C18H30N2O2/c1-2-21-17-9-5-6-10-18(17)22-16-8-4-3-7-13-20-14-11-19-12-15-20/h5-6,9-10,19H,2-4,7-8,11-16H2,1H3/p+2. The summed E-state index contributed by atoms with van der Waals surface area (Å²) >= 11 is 0. The van der Waals surface area contributed by atoms with Crippen LogP contribution in [0, 0.1) is 0 Å². The number of nitrogens with two attached hydrogens (primary N) is 1. The lowest BCUT2D eigenvalue weighted by Crippen LogP contribution is -3.20. The summed E-state index contributed by atoms with van der Waals surface area (Å²) in [5.41, 5.74) is 0. The quantitative estimate of drug-likeness (QED) is 0.618. The van der Waals surface area contributed by atoms with E-state index in [0.29, 0.717) is 6.61 Å². The fourth-order valence-corrected chi connectivity index (χ4v) is 2.99. The first-order chi connectivity index (χ1) is 10.9. The number of ether oxygens (including phenoxy) is 2. The first-order valence-electron chi connectivity index (χ1n) is 8.90. The molecule has 124 valence electrons. The molecule has 0 amide bonds. The molecule has 2 rings (SSSR count). The molecule has 1 saturated heterocycles. The normalized spacial score (nSPS) is 15.7. The van der Waals surface area contributed by atoms with Gasteiger partial charge in [-0.25, -0.2) is 0 Å². The zero-order valence-corrected chi connectivity index (χ0v) is 14.0. The van der Waals surface area contributed by atoms with Crippen molar-refractivity contribution in [1.82, 2.24) is 0 Å². The zero-order chi connectivity index (χ0) is 15.5. The molecule has 0 spiro atoms. The lowest BCUT2D eigenvalue weighted by Gasteiger charge is -2.21. The number of hydrogen-bond donors (Lipinski definition) is 2. The van der Waals surface area contributed by atoms with E-state index >= 15 is 0 Å². The predicted molar refractivity (Wildman–Crippen MR) is 88.8 cm³/mol. The Hall–Kier alpha value is -1.26. The summed E-state index contributed by atoms with van der Waals surface area (Å²) in [5, 5.41) is 2.43. The number of para-hydroxylation sites is 2. The minimum Gasteiger partial charge on any atom is -0.490 e. The molecule has 0 radical (unpaired) electrons. The molecule has 0 unspecified atom stereocenters. The second-order valence-corrected chi connectivity index (χ2v) is 6.01. The fraction of sp³-hybridized carbons (Fsp3) is 0.667. The van der Waals surface area contributed by atoms with Gasteiger partial charge in [0.2, 0.25) is 0 Å². The number of rotatable bonds is 10. The molecule has 1 fully saturated rings. The van der Waals surface area contributed by atoms with Crippen LogP contribution < -0.4 is 19.7 Å². The molecule has 0 atom stereocenters. The smallest absolute Gasteiger partial charge is 0.161 e. The van der Waals surface area contributed by atoms with Crippen LogP contribution in [0.3, 0.4) is 0 Å². The third kappa shape index (κ3) is 6.24. The van der Waals surface area contributed by atoms with E-state index in [-0.39, 0.29) is 0 Å². The van der Waals surface area contributed by atoms with Gasteiger partial charge in [-0.2, -0.15) is 0 Å². The van der Waals surface area contributed by atoms with Gasteiger partial charge in [0.05, 0.1) is 19.8 Å². The largest absolute Gasteiger partial charge is 0.490 e. The van der Waals surface area contributed by atoms with E-state index in [1.54, 1.807) is 4.90 Å². The number of nitrogens with one attached hydrogen (secondary N) is 1. The minimum absolute atomic E-state index is 0.678. The highest BCUT2D eigenvalue weighted by atomic mass is 16.5. The highest BCUT2D eigenvalue weighted by Crippen LogP contribution is 2.26. The molecule has 1 aliphatic heterocycles. The maximum Gasteiger partial charge on any atom is 0.161 e. The van der Waals surface area contributed by atoms with E-state index in [2.05, 4.69) is 5.32 Å². The van der Waals surface area contributed by atoms with E-state index in [4.69, 9.17) is 9.47 Å². The molecule has 1 aromatic carbocycles. The molecule has 22 heavy (non-hydrogen) atoms.